The van der Waals surface area contributed by atoms with Gasteiger partial charge in [-0.05, 0) is 25.8 Å². The average molecular weight is 279 g/mol. The van der Waals surface area contributed by atoms with Crippen LogP contribution in [0.3, 0.4) is 0 Å². The van der Waals surface area contributed by atoms with Crippen molar-refractivity contribution in [2.45, 2.75) is 26.4 Å². The molecule has 0 saturated carbocycles. The molecule has 0 bridgehead atoms. The Labute approximate surface area is 119 Å². The molecule has 20 heavy (non-hydrogen) atoms. The third kappa shape index (κ3) is 6.33. The van der Waals surface area contributed by atoms with Gasteiger partial charge in [-0.1, -0.05) is 30.3 Å². The summed E-state index contributed by atoms with van der Waals surface area (Å²) in [5, 5.41) is 8.87. The lowest BCUT2D eigenvalue weighted by atomic mass is 10.1. The van der Waals surface area contributed by atoms with Crippen LogP contribution in [0.15, 0.2) is 30.3 Å². The molecule has 0 aliphatic heterocycles. The molecule has 0 radical (unpaired) electrons. The largest absolute Gasteiger partial charge is 0.480 e. The second-order valence-corrected chi connectivity index (χ2v) is 4.80. The third-order valence-electron chi connectivity index (χ3n) is 2.73. The molecule has 0 aromatic heterocycles. The van der Waals surface area contributed by atoms with Crippen molar-refractivity contribution in [2.24, 2.45) is 0 Å². The number of carbonyl (C=O) groups is 2. The first-order chi connectivity index (χ1) is 9.49. The Morgan fingerprint density at radius 1 is 1.25 bits per heavy atom. The fraction of sp³-hybridized carbons (Fsp3) is 0.467. The first kappa shape index (κ1) is 16.2. The van der Waals surface area contributed by atoms with Gasteiger partial charge < -0.3 is 14.7 Å². The lowest BCUT2D eigenvalue weighted by Gasteiger charge is -2.21. The lowest BCUT2D eigenvalue weighted by molar-refractivity contribution is -0.147. The van der Waals surface area contributed by atoms with Gasteiger partial charge in [0.2, 0.25) is 5.91 Å². The van der Waals surface area contributed by atoms with E-state index in [4.69, 9.17) is 9.84 Å². The minimum absolute atomic E-state index is 0.0558. The van der Waals surface area contributed by atoms with E-state index >= 15 is 0 Å². The van der Waals surface area contributed by atoms with Crippen LogP contribution in [0, 0.1) is 0 Å². The maximum absolute atomic E-state index is 11.9. The maximum atomic E-state index is 11.9. The van der Waals surface area contributed by atoms with E-state index in [1.807, 2.05) is 44.2 Å². The number of nitrogens with zero attached hydrogens (tertiary/aromatic N) is 1. The van der Waals surface area contributed by atoms with Crippen LogP contribution in [0.1, 0.15) is 19.4 Å². The SMILES string of the molecule is CC(C)OCC(=O)N(CCc1ccccc1)CC(=O)O. The second-order valence-electron chi connectivity index (χ2n) is 4.80. The average Bonchev–Trinajstić information content (AvgIpc) is 2.41. The molecule has 0 atom stereocenters. The van der Waals surface area contributed by atoms with E-state index in [0.717, 1.165) is 5.56 Å². The van der Waals surface area contributed by atoms with E-state index in [0.29, 0.717) is 13.0 Å². The fourth-order valence-corrected chi connectivity index (χ4v) is 1.69. The van der Waals surface area contributed by atoms with Crippen molar-refractivity contribution in [1.29, 1.82) is 0 Å². The van der Waals surface area contributed by atoms with E-state index in [-0.39, 0.29) is 25.2 Å². The summed E-state index contributed by atoms with van der Waals surface area (Å²) in [6.07, 6.45) is 0.571. The summed E-state index contributed by atoms with van der Waals surface area (Å²) in [5.41, 5.74) is 1.07. The second kappa shape index (κ2) is 8.32. The molecule has 5 nitrogen and oxygen atoms in total. The highest BCUT2D eigenvalue weighted by Crippen LogP contribution is 2.02. The summed E-state index contributed by atoms with van der Waals surface area (Å²) in [6, 6.07) is 9.66. The van der Waals surface area contributed by atoms with Crippen LogP contribution in [0.5, 0.6) is 0 Å². The Kier molecular flexibility index (Phi) is 6.73. The molecule has 1 amide bonds. The Morgan fingerprint density at radius 2 is 1.90 bits per heavy atom. The van der Waals surface area contributed by atoms with Gasteiger partial charge in [-0.2, -0.15) is 0 Å². The summed E-state index contributed by atoms with van der Waals surface area (Å²) < 4.78 is 5.23. The summed E-state index contributed by atoms with van der Waals surface area (Å²) in [6.45, 7) is 3.65. The van der Waals surface area contributed by atoms with Gasteiger partial charge in [0.05, 0.1) is 6.10 Å². The van der Waals surface area contributed by atoms with Gasteiger partial charge in [0.25, 0.3) is 0 Å². The van der Waals surface area contributed by atoms with Gasteiger partial charge in [-0.25, -0.2) is 0 Å². The maximum Gasteiger partial charge on any atom is 0.323 e. The highest BCUT2D eigenvalue weighted by atomic mass is 16.5. The minimum Gasteiger partial charge on any atom is -0.480 e. The van der Waals surface area contributed by atoms with Gasteiger partial charge >= 0.3 is 5.97 Å². The Balaban J connectivity index is 2.55. The normalized spacial score (nSPS) is 10.6. The van der Waals surface area contributed by atoms with Crippen LogP contribution in [0.2, 0.25) is 0 Å². The zero-order chi connectivity index (χ0) is 15.0. The number of aliphatic carboxylic acids is 1. The molecule has 0 aliphatic carbocycles. The quantitative estimate of drug-likeness (QED) is 0.784. The van der Waals surface area contributed by atoms with E-state index in [2.05, 4.69) is 0 Å². The van der Waals surface area contributed by atoms with Gasteiger partial charge in [-0.3, -0.25) is 9.59 Å². The molecule has 0 fully saturated rings. The molecular weight excluding hydrogens is 258 g/mol. The molecule has 0 aliphatic rings. The number of hydrogen-bond acceptors (Lipinski definition) is 3. The molecule has 1 aromatic carbocycles. The van der Waals surface area contributed by atoms with Gasteiger partial charge in [0.15, 0.2) is 0 Å². The summed E-state index contributed by atoms with van der Waals surface area (Å²) in [7, 11) is 0. The first-order valence-corrected chi connectivity index (χ1v) is 6.64. The smallest absolute Gasteiger partial charge is 0.323 e. The van der Waals surface area contributed by atoms with Crippen molar-refractivity contribution >= 4 is 11.9 Å². The van der Waals surface area contributed by atoms with E-state index < -0.39 is 5.97 Å². The standard InChI is InChI=1S/C15H21NO4/c1-12(2)20-11-14(17)16(10-15(18)19)9-8-13-6-4-3-5-7-13/h3-7,12H,8-11H2,1-2H3,(H,18,19). The van der Waals surface area contributed by atoms with E-state index in [1.165, 1.54) is 4.90 Å². The Hall–Kier alpha value is -1.88. The first-order valence-electron chi connectivity index (χ1n) is 6.64. The molecule has 5 heteroatoms. The zero-order valence-electron chi connectivity index (χ0n) is 11.9. The number of benzene rings is 1. The van der Waals surface area contributed by atoms with Crippen molar-refractivity contribution in [1.82, 2.24) is 4.90 Å². The number of rotatable bonds is 8. The van der Waals surface area contributed by atoms with Gasteiger partial charge in [-0.15, -0.1) is 0 Å². The number of carboxylic acid groups (broad SMARTS) is 1. The molecule has 1 N–H and O–H groups in total. The van der Waals surface area contributed by atoms with Gasteiger partial charge in [0, 0.05) is 6.54 Å². The predicted molar refractivity (Wildman–Crippen MR) is 75.4 cm³/mol. The van der Waals surface area contributed by atoms with Crippen LogP contribution in [0.25, 0.3) is 0 Å². The Bertz CT molecular complexity index is 431. The molecule has 1 rings (SSSR count). The predicted octanol–water partition coefficient (Wildman–Crippen LogP) is 1.57. The van der Waals surface area contributed by atoms with E-state index in [9.17, 15) is 9.59 Å². The molecule has 110 valence electrons. The number of amides is 1. The topological polar surface area (TPSA) is 66.8 Å². The summed E-state index contributed by atoms with van der Waals surface area (Å²) in [4.78, 5) is 24.1. The Morgan fingerprint density at radius 3 is 2.45 bits per heavy atom. The third-order valence-corrected chi connectivity index (χ3v) is 2.73. The van der Waals surface area contributed by atoms with Crippen LogP contribution in [0.4, 0.5) is 0 Å². The molecule has 1 aromatic rings. The molecular formula is C15H21NO4. The molecule has 0 spiro atoms. The fourth-order valence-electron chi connectivity index (χ4n) is 1.69. The summed E-state index contributed by atoms with van der Waals surface area (Å²) >= 11 is 0. The van der Waals surface area contributed by atoms with Crippen molar-refractivity contribution < 1.29 is 19.4 Å². The number of carbonyl (C=O) groups excluding carboxylic acids is 1. The summed E-state index contributed by atoms with van der Waals surface area (Å²) in [5.74, 6) is -1.31. The molecule has 0 heterocycles. The molecule has 0 unspecified atom stereocenters. The van der Waals surface area contributed by atoms with Crippen LogP contribution in [-0.4, -0.2) is 47.7 Å². The van der Waals surface area contributed by atoms with Crippen molar-refractivity contribution in [3.8, 4) is 0 Å². The lowest BCUT2D eigenvalue weighted by Crippen LogP contribution is -2.39. The van der Waals surface area contributed by atoms with Gasteiger partial charge in [0.1, 0.15) is 13.2 Å². The number of hydrogen-bond donors (Lipinski definition) is 1. The minimum atomic E-state index is -1.02. The van der Waals surface area contributed by atoms with Crippen LogP contribution in [-0.2, 0) is 20.7 Å². The monoisotopic (exact) mass is 279 g/mol. The van der Waals surface area contributed by atoms with Crippen molar-refractivity contribution in [2.75, 3.05) is 19.7 Å². The van der Waals surface area contributed by atoms with Crippen LogP contribution >= 0.6 is 0 Å². The number of ether oxygens (including phenoxy) is 1. The highest BCUT2D eigenvalue weighted by Gasteiger charge is 2.17. The zero-order valence-corrected chi connectivity index (χ0v) is 11.9. The molecule has 0 saturated heterocycles. The highest BCUT2D eigenvalue weighted by molar-refractivity contribution is 5.82. The van der Waals surface area contributed by atoms with Crippen LogP contribution < -0.4 is 0 Å². The van der Waals surface area contributed by atoms with Crippen molar-refractivity contribution in [3.05, 3.63) is 35.9 Å². The van der Waals surface area contributed by atoms with Crippen molar-refractivity contribution in [3.63, 3.8) is 0 Å². The van der Waals surface area contributed by atoms with E-state index in [1.54, 1.807) is 0 Å². The number of carboxylic acids is 1.